The number of amides is 1. The van der Waals surface area contributed by atoms with Gasteiger partial charge in [-0.15, -0.1) is 0 Å². The number of carbonyl (C=O) groups is 1. The molecule has 1 atom stereocenters. The molecule has 36 heavy (non-hydrogen) atoms. The van der Waals surface area contributed by atoms with Crippen LogP contribution in [-0.2, 0) is 6.61 Å². The van der Waals surface area contributed by atoms with Gasteiger partial charge in [0.15, 0.2) is 5.43 Å². The van der Waals surface area contributed by atoms with Crippen molar-refractivity contribution in [1.82, 2.24) is 4.98 Å². The van der Waals surface area contributed by atoms with E-state index in [0.717, 1.165) is 16.7 Å². The zero-order valence-corrected chi connectivity index (χ0v) is 19.5. The Morgan fingerprint density at radius 1 is 0.917 bits per heavy atom. The van der Waals surface area contributed by atoms with Gasteiger partial charge in [-0.05, 0) is 53.9 Å². The molecule has 0 N–H and O–H groups in total. The number of aryl methyl sites for hydroxylation is 1. The molecule has 0 saturated heterocycles. The van der Waals surface area contributed by atoms with E-state index in [1.807, 2.05) is 73.7 Å². The molecule has 1 amide bonds. The van der Waals surface area contributed by atoms with Crippen molar-refractivity contribution in [2.75, 3.05) is 4.90 Å². The molecule has 0 radical (unpaired) electrons. The highest BCUT2D eigenvalue weighted by Crippen LogP contribution is 2.42. The van der Waals surface area contributed by atoms with E-state index in [1.54, 1.807) is 35.4 Å². The fourth-order valence-electron chi connectivity index (χ4n) is 4.70. The van der Waals surface area contributed by atoms with Gasteiger partial charge in [-0.2, -0.15) is 0 Å². The molecular weight excluding hydrogens is 452 g/mol. The van der Waals surface area contributed by atoms with E-state index in [9.17, 15) is 9.59 Å². The van der Waals surface area contributed by atoms with Gasteiger partial charge in [-0.1, -0.05) is 60.7 Å². The summed E-state index contributed by atoms with van der Waals surface area (Å²) in [6.07, 6.45) is 1.64. The highest BCUT2D eigenvalue weighted by molar-refractivity contribution is 6.10. The summed E-state index contributed by atoms with van der Waals surface area (Å²) < 4.78 is 12.1. The van der Waals surface area contributed by atoms with E-state index < -0.39 is 11.9 Å². The second-order valence-electron chi connectivity index (χ2n) is 8.74. The minimum Gasteiger partial charge on any atom is -0.489 e. The minimum atomic E-state index is -0.706. The van der Waals surface area contributed by atoms with Crippen molar-refractivity contribution in [2.45, 2.75) is 19.6 Å². The normalized spacial score (nSPS) is 14.8. The van der Waals surface area contributed by atoms with Crippen LogP contribution in [0.4, 0.5) is 5.82 Å². The van der Waals surface area contributed by atoms with E-state index in [0.29, 0.717) is 34.7 Å². The molecule has 1 unspecified atom stereocenters. The van der Waals surface area contributed by atoms with Crippen molar-refractivity contribution >= 4 is 22.7 Å². The van der Waals surface area contributed by atoms with Crippen LogP contribution >= 0.6 is 0 Å². The van der Waals surface area contributed by atoms with Crippen LogP contribution in [0.2, 0.25) is 0 Å². The zero-order valence-electron chi connectivity index (χ0n) is 19.5. The molecule has 6 rings (SSSR count). The van der Waals surface area contributed by atoms with Crippen LogP contribution in [-0.4, -0.2) is 10.9 Å². The maximum absolute atomic E-state index is 13.7. The molecule has 0 bridgehead atoms. The molecule has 176 valence electrons. The number of para-hydroxylation sites is 1. The SMILES string of the molecule is Cc1cccnc1N1C(=O)c2oc3ccccc3c(=O)c2C1c1cccc(OCc2ccccc2)c1. The summed E-state index contributed by atoms with van der Waals surface area (Å²) in [5, 5.41) is 0.435. The third-order valence-electron chi connectivity index (χ3n) is 6.41. The largest absolute Gasteiger partial charge is 0.489 e. The molecule has 6 heteroatoms. The van der Waals surface area contributed by atoms with E-state index in [2.05, 4.69) is 4.98 Å². The summed E-state index contributed by atoms with van der Waals surface area (Å²) in [5.41, 5.74) is 3.06. The van der Waals surface area contributed by atoms with E-state index in [4.69, 9.17) is 9.15 Å². The molecule has 3 heterocycles. The first-order valence-electron chi connectivity index (χ1n) is 11.7. The number of anilines is 1. The van der Waals surface area contributed by atoms with Gasteiger partial charge in [0.1, 0.15) is 23.8 Å². The van der Waals surface area contributed by atoms with Crippen LogP contribution < -0.4 is 15.1 Å². The standard InChI is InChI=1S/C30H22N2O4/c1-19-9-8-16-31-29(19)32-26(21-12-7-13-22(17-21)35-18-20-10-3-2-4-11-20)25-27(33)23-14-5-6-15-24(23)36-28(25)30(32)34/h2-17,26H,18H2,1H3. The van der Waals surface area contributed by atoms with Crippen LogP contribution in [0.3, 0.4) is 0 Å². The summed E-state index contributed by atoms with van der Waals surface area (Å²) in [6.45, 7) is 2.29. The van der Waals surface area contributed by atoms with Gasteiger partial charge >= 0.3 is 0 Å². The first-order valence-corrected chi connectivity index (χ1v) is 11.7. The Hall–Kier alpha value is -4.71. The molecule has 0 saturated carbocycles. The van der Waals surface area contributed by atoms with E-state index in [1.165, 1.54) is 0 Å². The molecule has 0 spiro atoms. The zero-order chi connectivity index (χ0) is 24.6. The number of hydrogen-bond donors (Lipinski definition) is 0. The van der Waals surface area contributed by atoms with Gasteiger partial charge in [0.05, 0.1) is 17.0 Å². The van der Waals surface area contributed by atoms with Crippen molar-refractivity contribution in [3.8, 4) is 5.75 Å². The molecule has 2 aromatic heterocycles. The Bertz CT molecular complexity index is 1660. The van der Waals surface area contributed by atoms with Gasteiger partial charge in [-0.3, -0.25) is 14.5 Å². The number of hydrogen-bond acceptors (Lipinski definition) is 5. The third kappa shape index (κ3) is 3.64. The molecular formula is C30H22N2O4. The lowest BCUT2D eigenvalue weighted by Crippen LogP contribution is -2.30. The van der Waals surface area contributed by atoms with Crippen LogP contribution in [0.1, 0.15) is 38.9 Å². The number of ether oxygens (including phenoxy) is 1. The first-order chi connectivity index (χ1) is 17.6. The monoisotopic (exact) mass is 474 g/mol. The maximum atomic E-state index is 13.7. The Morgan fingerprint density at radius 3 is 2.56 bits per heavy atom. The fraction of sp³-hybridized carbons (Fsp3) is 0.100. The quantitative estimate of drug-likeness (QED) is 0.321. The smallest absolute Gasteiger partial charge is 0.296 e. The number of pyridine rings is 1. The molecule has 0 fully saturated rings. The lowest BCUT2D eigenvalue weighted by Gasteiger charge is -2.25. The average Bonchev–Trinajstić information content (AvgIpc) is 3.21. The number of aromatic nitrogens is 1. The number of rotatable bonds is 5. The Kier molecular flexibility index (Phi) is 5.34. The van der Waals surface area contributed by atoms with Crippen LogP contribution in [0, 0.1) is 6.92 Å². The highest BCUT2D eigenvalue weighted by atomic mass is 16.5. The Morgan fingerprint density at radius 2 is 1.72 bits per heavy atom. The summed E-state index contributed by atoms with van der Waals surface area (Å²) >= 11 is 0. The summed E-state index contributed by atoms with van der Waals surface area (Å²) in [4.78, 5) is 33.5. The van der Waals surface area contributed by atoms with Crippen molar-refractivity contribution in [3.05, 3.63) is 135 Å². The minimum absolute atomic E-state index is 0.0457. The van der Waals surface area contributed by atoms with Gasteiger partial charge < -0.3 is 9.15 Å². The topological polar surface area (TPSA) is 72.6 Å². The summed E-state index contributed by atoms with van der Waals surface area (Å²) in [5.74, 6) is 0.776. The Labute approximate surface area is 207 Å². The molecule has 0 aliphatic carbocycles. The van der Waals surface area contributed by atoms with Gasteiger partial charge in [0, 0.05) is 6.20 Å². The Balaban J connectivity index is 1.50. The number of fused-ring (bicyclic) bond motifs is 2. The first kappa shape index (κ1) is 21.8. The van der Waals surface area contributed by atoms with Crippen LogP contribution in [0.25, 0.3) is 11.0 Å². The lowest BCUT2D eigenvalue weighted by molar-refractivity contribution is 0.0970. The molecule has 6 nitrogen and oxygen atoms in total. The van der Waals surface area contributed by atoms with Crippen molar-refractivity contribution in [1.29, 1.82) is 0 Å². The van der Waals surface area contributed by atoms with Crippen molar-refractivity contribution in [2.24, 2.45) is 0 Å². The molecule has 1 aliphatic rings. The van der Waals surface area contributed by atoms with Gasteiger partial charge in [0.2, 0.25) is 5.76 Å². The van der Waals surface area contributed by atoms with Crippen LogP contribution in [0.15, 0.2) is 106 Å². The maximum Gasteiger partial charge on any atom is 0.296 e. The highest BCUT2D eigenvalue weighted by Gasteiger charge is 2.44. The lowest BCUT2D eigenvalue weighted by atomic mass is 9.98. The average molecular weight is 475 g/mol. The summed E-state index contributed by atoms with van der Waals surface area (Å²) in [6, 6.07) is 27.4. The predicted octanol–water partition coefficient (Wildman–Crippen LogP) is 5.83. The molecule has 3 aromatic carbocycles. The van der Waals surface area contributed by atoms with E-state index in [-0.39, 0.29) is 11.2 Å². The van der Waals surface area contributed by atoms with E-state index >= 15 is 0 Å². The third-order valence-corrected chi connectivity index (χ3v) is 6.41. The number of benzene rings is 3. The summed E-state index contributed by atoms with van der Waals surface area (Å²) in [7, 11) is 0. The number of carbonyl (C=O) groups excluding carboxylic acids is 1. The molecule has 1 aliphatic heterocycles. The second kappa shape index (κ2) is 8.82. The van der Waals surface area contributed by atoms with Crippen LogP contribution in [0.5, 0.6) is 5.75 Å². The van der Waals surface area contributed by atoms with Crippen molar-refractivity contribution < 1.29 is 13.9 Å². The van der Waals surface area contributed by atoms with Gasteiger partial charge in [0.25, 0.3) is 5.91 Å². The van der Waals surface area contributed by atoms with Crippen molar-refractivity contribution in [3.63, 3.8) is 0 Å². The van der Waals surface area contributed by atoms with Gasteiger partial charge in [-0.25, -0.2) is 4.98 Å². The molecule has 5 aromatic rings. The fourth-order valence-corrected chi connectivity index (χ4v) is 4.70. The predicted molar refractivity (Wildman–Crippen MR) is 137 cm³/mol. The second-order valence-corrected chi connectivity index (χ2v) is 8.74. The number of nitrogens with zero attached hydrogens (tertiary/aromatic N) is 2.